The molecule has 0 aliphatic rings. The standard InChI is InChI=1S/C30H23FN6O/c1-17(2)20-8-6-11-24-27(20)28-21(30-35-22-9-4-5-10-23(22)37(24)30)14-19(16-32-28)38-26-15-25(18(3)34-29(26)31)36-13-7-12-33-36/h4-17H,1-3H3. The molecule has 0 aliphatic carbocycles. The Morgan fingerprint density at radius 3 is 2.61 bits per heavy atom. The normalized spacial score (nSPS) is 11.9. The highest BCUT2D eigenvalue weighted by molar-refractivity contribution is 6.13. The molecule has 0 saturated carbocycles. The van der Waals surface area contributed by atoms with Crippen molar-refractivity contribution in [2.45, 2.75) is 26.7 Å². The van der Waals surface area contributed by atoms with E-state index in [4.69, 9.17) is 14.7 Å². The van der Waals surface area contributed by atoms with Crippen LogP contribution in [0.15, 0.2) is 79.3 Å². The summed E-state index contributed by atoms with van der Waals surface area (Å²) in [5.74, 6) is -0.0182. The quantitative estimate of drug-likeness (QED) is 0.189. The lowest BCUT2D eigenvalue weighted by Gasteiger charge is -2.15. The summed E-state index contributed by atoms with van der Waals surface area (Å²) in [6.07, 6.45) is 5.07. The fraction of sp³-hybridized carbons (Fsp3) is 0.133. The predicted molar refractivity (Wildman–Crippen MR) is 146 cm³/mol. The van der Waals surface area contributed by atoms with Crippen molar-refractivity contribution < 1.29 is 9.13 Å². The number of halogens is 1. The van der Waals surface area contributed by atoms with Crippen LogP contribution >= 0.6 is 0 Å². The van der Waals surface area contributed by atoms with Gasteiger partial charge in [0.15, 0.2) is 5.75 Å². The van der Waals surface area contributed by atoms with Crippen LogP contribution in [-0.4, -0.2) is 29.1 Å². The van der Waals surface area contributed by atoms with Crippen molar-refractivity contribution >= 4 is 38.5 Å². The van der Waals surface area contributed by atoms with Crippen molar-refractivity contribution in [1.82, 2.24) is 29.1 Å². The molecule has 0 N–H and O–H groups in total. The van der Waals surface area contributed by atoms with Gasteiger partial charge in [-0.3, -0.25) is 9.38 Å². The summed E-state index contributed by atoms with van der Waals surface area (Å²) in [5, 5.41) is 6.15. The van der Waals surface area contributed by atoms with Crippen LogP contribution in [0.2, 0.25) is 0 Å². The Morgan fingerprint density at radius 2 is 1.79 bits per heavy atom. The molecule has 0 atom stereocenters. The molecule has 186 valence electrons. The smallest absolute Gasteiger partial charge is 0.256 e. The lowest BCUT2D eigenvalue weighted by molar-refractivity contribution is 0.426. The molecule has 8 heteroatoms. The topological polar surface area (TPSA) is 70.1 Å². The van der Waals surface area contributed by atoms with E-state index in [1.54, 1.807) is 42.3 Å². The van der Waals surface area contributed by atoms with Gasteiger partial charge in [-0.05, 0) is 48.7 Å². The maximum Gasteiger partial charge on any atom is 0.256 e. The third-order valence-electron chi connectivity index (χ3n) is 6.93. The van der Waals surface area contributed by atoms with Crippen LogP contribution in [0.3, 0.4) is 0 Å². The Hall–Kier alpha value is -4.85. The SMILES string of the molecule is Cc1nc(F)c(Oc2cnc3c(c2)c2nc4ccccc4n2c2cccc(C(C)C)c32)cc1-n1cccn1. The summed E-state index contributed by atoms with van der Waals surface area (Å²) in [7, 11) is 0. The van der Waals surface area contributed by atoms with Gasteiger partial charge < -0.3 is 4.74 Å². The summed E-state index contributed by atoms with van der Waals surface area (Å²) < 4.78 is 24.8. The number of para-hydroxylation sites is 2. The zero-order chi connectivity index (χ0) is 26.0. The van der Waals surface area contributed by atoms with Gasteiger partial charge in [-0.1, -0.05) is 38.1 Å². The van der Waals surface area contributed by atoms with Crippen LogP contribution in [0.1, 0.15) is 31.0 Å². The van der Waals surface area contributed by atoms with Crippen LogP contribution < -0.4 is 4.74 Å². The first kappa shape index (κ1) is 22.4. The highest BCUT2D eigenvalue weighted by Crippen LogP contribution is 2.37. The van der Waals surface area contributed by atoms with E-state index in [1.807, 2.05) is 24.3 Å². The Bertz CT molecular complexity index is 2010. The van der Waals surface area contributed by atoms with E-state index in [0.29, 0.717) is 23.0 Å². The molecule has 0 bridgehead atoms. The molecular weight excluding hydrogens is 479 g/mol. The summed E-state index contributed by atoms with van der Waals surface area (Å²) >= 11 is 0. The first-order chi connectivity index (χ1) is 18.5. The third-order valence-corrected chi connectivity index (χ3v) is 6.93. The second-order valence-electron chi connectivity index (χ2n) is 9.66. The summed E-state index contributed by atoms with van der Waals surface area (Å²) in [6, 6.07) is 19.7. The third kappa shape index (κ3) is 3.33. The van der Waals surface area contributed by atoms with E-state index in [9.17, 15) is 4.39 Å². The van der Waals surface area contributed by atoms with Crippen LogP contribution in [-0.2, 0) is 0 Å². The molecule has 0 unspecified atom stereocenters. The number of ether oxygens (including phenoxy) is 1. The minimum absolute atomic E-state index is 0.00423. The number of nitrogens with zero attached hydrogens (tertiary/aromatic N) is 6. The Morgan fingerprint density at radius 1 is 0.947 bits per heavy atom. The molecule has 38 heavy (non-hydrogen) atoms. The molecule has 7 aromatic rings. The van der Waals surface area contributed by atoms with Gasteiger partial charge in [-0.15, -0.1) is 0 Å². The summed E-state index contributed by atoms with van der Waals surface area (Å²) in [6.45, 7) is 6.09. The van der Waals surface area contributed by atoms with E-state index in [1.165, 1.54) is 5.56 Å². The number of pyridine rings is 3. The second kappa shape index (κ2) is 8.34. The molecule has 7 nitrogen and oxygen atoms in total. The number of fused-ring (bicyclic) bond motifs is 8. The van der Waals surface area contributed by atoms with Crippen LogP contribution in [0.4, 0.5) is 4.39 Å². The summed E-state index contributed by atoms with van der Waals surface area (Å²) in [5.41, 5.74) is 6.89. The average Bonchev–Trinajstić information content (AvgIpc) is 3.58. The lowest BCUT2D eigenvalue weighted by Crippen LogP contribution is -2.03. The molecule has 0 amide bonds. The van der Waals surface area contributed by atoms with Gasteiger partial charge in [-0.25, -0.2) is 14.6 Å². The van der Waals surface area contributed by atoms with Gasteiger partial charge in [0.25, 0.3) is 5.95 Å². The van der Waals surface area contributed by atoms with Crippen molar-refractivity contribution in [2.24, 2.45) is 0 Å². The molecule has 0 fully saturated rings. The van der Waals surface area contributed by atoms with E-state index < -0.39 is 5.95 Å². The van der Waals surface area contributed by atoms with Gasteiger partial charge in [0.05, 0.1) is 39.6 Å². The summed E-state index contributed by atoms with van der Waals surface area (Å²) in [4.78, 5) is 13.9. The minimum Gasteiger partial charge on any atom is -0.451 e. The Kier molecular flexibility index (Phi) is 4.91. The Balaban J connectivity index is 1.49. The number of hydrogen-bond donors (Lipinski definition) is 0. The van der Waals surface area contributed by atoms with Crippen molar-refractivity contribution in [3.8, 4) is 17.2 Å². The fourth-order valence-electron chi connectivity index (χ4n) is 5.19. The lowest BCUT2D eigenvalue weighted by atomic mass is 9.96. The van der Waals surface area contributed by atoms with E-state index >= 15 is 0 Å². The first-order valence-corrected chi connectivity index (χ1v) is 12.5. The molecular formula is C30H23FN6O. The van der Waals surface area contributed by atoms with E-state index in [0.717, 1.165) is 38.5 Å². The zero-order valence-electron chi connectivity index (χ0n) is 21.1. The highest BCUT2D eigenvalue weighted by atomic mass is 19.1. The number of benzene rings is 2. The molecule has 5 heterocycles. The van der Waals surface area contributed by atoms with Crippen molar-refractivity contribution in [1.29, 1.82) is 0 Å². The van der Waals surface area contributed by atoms with Gasteiger partial charge in [-0.2, -0.15) is 9.49 Å². The number of imidazole rings is 1. The molecule has 0 spiro atoms. The monoisotopic (exact) mass is 502 g/mol. The van der Waals surface area contributed by atoms with Gasteiger partial charge in [0.2, 0.25) is 0 Å². The molecule has 0 radical (unpaired) electrons. The molecule has 2 aromatic carbocycles. The van der Waals surface area contributed by atoms with Gasteiger partial charge in [0, 0.05) is 29.2 Å². The van der Waals surface area contributed by atoms with Crippen molar-refractivity contribution in [3.05, 3.63) is 96.5 Å². The van der Waals surface area contributed by atoms with E-state index in [2.05, 4.69) is 52.6 Å². The number of hydrogen-bond acceptors (Lipinski definition) is 5. The van der Waals surface area contributed by atoms with Crippen LogP contribution in [0, 0.1) is 12.9 Å². The molecule has 0 saturated heterocycles. The number of rotatable bonds is 4. The van der Waals surface area contributed by atoms with Crippen molar-refractivity contribution in [3.63, 3.8) is 0 Å². The van der Waals surface area contributed by atoms with E-state index in [-0.39, 0.29) is 5.75 Å². The number of aromatic nitrogens is 6. The van der Waals surface area contributed by atoms with Gasteiger partial charge in [0.1, 0.15) is 11.4 Å². The molecule has 0 aliphatic heterocycles. The number of aryl methyl sites for hydroxylation is 1. The molecule has 5 aromatic heterocycles. The molecule has 7 rings (SSSR count). The van der Waals surface area contributed by atoms with Crippen LogP contribution in [0.25, 0.3) is 44.2 Å². The van der Waals surface area contributed by atoms with Crippen LogP contribution in [0.5, 0.6) is 11.5 Å². The highest BCUT2D eigenvalue weighted by Gasteiger charge is 2.19. The van der Waals surface area contributed by atoms with Crippen molar-refractivity contribution in [2.75, 3.05) is 0 Å². The largest absolute Gasteiger partial charge is 0.451 e. The average molecular weight is 503 g/mol. The Labute approximate surface area is 217 Å². The first-order valence-electron chi connectivity index (χ1n) is 12.5. The minimum atomic E-state index is -0.698. The fourth-order valence-corrected chi connectivity index (χ4v) is 5.19. The predicted octanol–water partition coefficient (Wildman–Crippen LogP) is 7.13. The maximum atomic E-state index is 14.9. The second-order valence-corrected chi connectivity index (χ2v) is 9.66. The maximum absolute atomic E-state index is 14.9. The van der Waals surface area contributed by atoms with Gasteiger partial charge >= 0.3 is 0 Å². The zero-order valence-corrected chi connectivity index (χ0v) is 21.1.